The van der Waals surface area contributed by atoms with Crippen molar-refractivity contribution in [3.8, 4) is 0 Å². The molecule has 0 aromatic rings. The average molecular weight is 165 g/mol. The van der Waals surface area contributed by atoms with Crippen LogP contribution in [0, 0.1) is 0 Å². The smallest absolute Gasteiger partial charge is 0.252 e. The van der Waals surface area contributed by atoms with E-state index in [0.717, 1.165) is 5.82 Å². The second-order valence-electron chi connectivity index (χ2n) is 4.22. The second-order valence-corrected chi connectivity index (χ2v) is 4.22. The molecular weight excluding hydrogens is 145 g/mol. The van der Waals surface area contributed by atoms with Gasteiger partial charge in [0.05, 0.1) is 0 Å². The highest BCUT2D eigenvalue weighted by molar-refractivity contribution is 6.63. The maximum Gasteiger partial charge on any atom is 0.252 e. The Morgan fingerprint density at radius 2 is 2.25 bits per heavy atom. The third-order valence-corrected chi connectivity index (χ3v) is 2.52. The maximum atomic E-state index is 2.58. The fourth-order valence-corrected chi connectivity index (χ4v) is 2.00. The van der Waals surface area contributed by atoms with Crippen molar-refractivity contribution in [2.75, 3.05) is 13.1 Å². The molecule has 68 valence electrons. The van der Waals surface area contributed by atoms with Gasteiger partial charge >= 0.3 is 0 Å². The van der Waals surface area contributed by atoms with E-state index >= 15 is 0 Å². The summed E-state index contributed by atoms with van der Waals surface area (Å²) in [6, 6.07) is 0. The Balaban J connectivity index is 2.55. The van der Waals surface area contributed by atoms with Crippen LogP contribution in [0.2, 0.25) is 5.82 Å². The van der Waals surface area contributed by atoms with E-state index in [4.69, 9.17) is 0 Å². The van der Waals surface area contributed by atoms with Crippen molar-refractivity contribution in [3.63, 3.8) is 0 Å². The SMILES string of the molecule is CCCN1CC(C)=CB1C(C)C. The standard InChI is InChI=1S/C10H20BN/c1-5-6-12-8-10(4)7-11(12)9(2)3/h7,9H,5-6,8H2,1-4H3. The Kier molecular flexibility index (Phi) is 3.39. The van der Waals surface area contributed by atoms with Crippen molar-refractivity contribution in [1.29, 1.82) is 0 Å². The van der Waals surface area contributed by atoms with E-state index in [1.54, 1.807) is 5.57 Å². The average Bonchev–Trinajstić information content (AvgIpc) is 2.32. The molecule has 0 unspecified atom stereocenters. The van der Waals surface area contributed by atoms with Gasteiger partial charge in [-0.25, -0.2) is 0 Å². The third-order valence-electron chi connectivity index (χ3n) is 2.52. The Morgan fingerprint density at radius 1 is 1.58 bits per heavy atom. The fraction of sp³-hybridized carbons (Fsp3) is 0.800. The van der Waals surface area contributed by atoms with Crippen LogP contribution in [0.1, 0.15) is 34.1 Å². The Hall–Kier alpha value is -0.235. The summed E-state index contributed by atoms with van der Waals surface area (Å²) in [6.45, 7) is 12.2. The first-order chi connectivity index (χ1) is 5.65. The molecule has 0 saturated heterocycles. The molecule has 0 bridgehead atoms. The van der Waals surface area contributed by atoms with Crippen LogP contribution in [0.15, 0.2) is 11.5 Å². The van der Waals surface area contributed by atoms with E-state index in [2.05, 4.69) is 38.5 Å². The van der Waals surface area contributed by atoms with Gasteiger partial charge in [0, 0.05) is 6.54 Å². The summed E-state index contributed by atoms with van der Waals surface area (Å²) in [7, 11) is 0. The number of hydrogen-bond acceptors (Lipinski definition) is 1. The molecule has 0 N–H and O–H groups in total. The molecule has 1 aliphatic rings. The Labute approximate surface area is 76.9 Å². The molecule has 0 aromatic heterocycles. The van der Waals surface area contributed by atoms with Gasteiger partial charge in [-0.05, 0) is 25.7 Å². The van der Waals surface area contributed by atoms with Crippen LogP contribution in [0.5, 0.6) is 0 Å². The van der Waals surface area contributed by atoms with Crippen molar-refractivity contribution in [3.05, 3.63) is 11.5 Å². The molecular formula is C10H20BN. The molecule has 0 aromatic carbocycles. The van der Waals surface area contributed by atoms with Gasteiger partial charge in [-0.15, -0.1) is 0 Å². The molecule has 0 atom stereocenters. The van der Waals surface area contributed by atoms with E-state index in [1.165, 1.54) is 19.5 Å². The van der Waals surface area contributed by atoms with Gasteiger partial charge in [0.1, 0.15) is 0 Å². The molecule has 1 rings (SSSR count). The lowest BCUT2D eigenvalue weighted by molar-refractivity contribution is 0.472. The second kappa shape index (κ2) is 4.13. The van der Waals surface area contributed by atoms with Crippen LogP contribution in [0.3, 0.4) is 0 Å². The number of hydrogen-bond donors (Lipinski definition) is 0. The van der Waals surface area contributed by atoms with E-state index in [9.17, 15) is 0 Å². The molecule has 0 amide bonds. The number of rotatable bonds is 3. The van der Waals surface area contributed by atoms with Crippen LogP contribution in [0.25, 0.3) is 0 Å². The first kappa shape index (κ1) is 9.85. The van der Waals surface area contributed by atoms with Crippen LogP contribution in [-0.2, 0) is 0 Å². The first-order valence-corrected chi connectivity index (χ1v) is 5.06. The highest BCUT2D eigenvalue weighted by Gasteiger charge is 2.28. The van der Waals surface area contributed by atoms with Crippen molar-refractivity contribution in [2.24, 2.45) is 0 Å². The molecule has 0 spiro atoms. The predicted molar refractivity (Wildman–Crippen MR) is 56.5 cm³/mol. The van der Waals surface area contributed by atoms with Gasteiger partial charge in [-0.3, -0.25) is 0 Å². The highest BCUT2D eigenvalue weighted by Crippen LogP contribution is 2.21. The maximum absolute atomic E-state index is 2.58. The highest BCUT2D eigenvalue weighted by atomic mass is 15.1. The quantitative estimate of drug-likeness (QED) is 0.581. The Bertz CT molecular complexity index is 175. The van der Waals surface area contributed by atoms with Gasteiger partial charge in [-0.2, -0.15) is 0 Å². The molecule has 1 aliphatic heterocycles. The van der Waals surface area contributed by atoms with Crippen molar-refractivity contribution in [2.45, 2.75) is 39.9 Å². The van der Waals surface area contributed by atoms with Crippen LogP contribution >= 0.6 is 0 Å². The van der Waals surface area contributed by atoms with Crippen LogP contribution in [-0.4, -0.2) is 24.7 Å². The summed E-state index contributed by atoms with van der Waals surface area (Å²) in [5, 5.41) is 0. The minimum atomic E-state index is 0.699. The van der Waals surface area contributed by atoms with E-state index < -0.39 is 0 Å². The predicted octanol–water partition coefficient (Wildman–Crippen LogP) is 2.60. The minimum absolute atomic E-state index is 0.699. The van der Waals surface area contributed by atoms with E-state index in [-0.39, 0.29) is 0 Å². The largest absolute Gasteiger partial charge is 0.335 e. The fourth-order valence-electron chi connectivity index (χ4n) is 2.00. The molecule has 0 fully saturated rings. The molecule has 0 aliphatic carbocycles. The lowest BCUT2D eigenvalue weighted by Gasteiger charge is -2.23. The minimum Gasteiger partial charge on any atom is -0.335 e. The summed E-state index contributed by atoms with van der Waals surface area (Å²) in [6.07, 6.45) is 1.27. The van der Waals surface area contributed by atoms with Gasteiger partial charge in [-0.1, -0.05) is 32.3 Å². The van der Waals surface area contributed by atoms with Crippen LogP contribution < -0.4 is 0 Å². The van der Waals surface area contributed by atoms with Crippen molar-refractivity contribution >= 4 is 6.85 Å². The van der Waals surface area contributed by atoms with Gasteiger partial charge < -0.3 is 4.81 Å². The zero-order valence-corrected chi connectivity index (χ0v) is 8.80. The molecule has 2 heteroatoms. The summed E-state index contributed by atoms with van der Waals surface area (Å²) in [5.74, 6) is 3.19. The van der Waals surface area contributed by atoms with Gasteiger partial charge in [0.15, 0.2) is 0 Å². The summed E-state index contributed by atoms with van der Waals surface area (Å²) < 4.78 is 0. The van der Waals surface area contributed by atoms with E-state index in [1.807, 2.05) is 0 Å². The molecule has 12 heavy (non-hydrogen) atoms. The van der Waals surface area contributed by atoms with Gasteiger partial charge in [0.25, 0.3) is 6.85 Å². The molecule has 1 heterocycles. The topological polar surface area (TPSA) is 3.24 Å². The zero-order chi connectivity index (χ0) is 9.14. The third kappa shape index (κ3) is 2.13. The molecule has 1 nitrogen and oxygen atoms in total. The lowest BCUT2D eigenvalue weighted by Crippen LogP contribution is -2.37. The normalized spacial score (nSPS) is 19.1. The summed E-state index contributed by atoms with van der Waals surface area (Å²) in [5.41, 5.74) is 1.54. The van der Waals surface area contributed by atoms with E-state index in [0.29, 0.717) is 6.85 Å². The molecule has 0 radical (unpaired) electrons. The van der Waals surface area contributed by atoms with Crippen molar-refractivity contribution in [1.82, 2.24) is 4.81 Å². The van der Waals surface area contributed by atoms with Crippen LogP contribution in [0.4, 0.5) is 0 Å². The monoisotopic (exact) mass is 165 g/mol. The lowest BCUT2D eigenvalue weighted by atomic mass is 9.52. The Morgan fingerprint density at radius 3 is 2.75 bits per heavy atom. The van der Waals surface area contributed by atoms with Gasteiger partial charge in [0.2, 0.25) is 0 Å². The summed E-state index contributed by atoms with van der Waals surface area (Å²) >= 11 is 0. The first-order valence-electron chi connectivity index (χ1n) is 5.06. The molecule has 0 saturated carbocycles. The number of nitrogens with zero attached hydrogens (tertiary/aromatic N) is 1. The van der Waals surface area contributed by atoms with Crippen molar-refractivity contribution < 1.29 is 0 Å². The zero-order valence-electron chi connectivity index (χ0n) is 8.80. The summed E-state index contributed by atoms with van der Waals surface area (Å²) in [4.78, 5) is 2.58.